The van der Waals surface area contributed by atoms with Crippen molar-refractivity contribution in [2.45, 2.75) is 26.8 Å². The number of aryl methyl sites for hydroxylation is 1. The number of benzene rings is 1. The van der Waals surface area contributed by atoms with E-state index in [0.29, 0.717) is 18.8 Å². The Hall–Kier alpha value is -2.08. The Morgan fingerprint density at radius 1 is 1.40 bits per heavy atom. The third kappa shape index (κ3) is 4.55. The highest BCUT2D eigenvalue weighted by Crippen LogP contribution is 2.19. The minimum absolute atomic E-state index is 0.0973. The van der Waals surface area contributed by atoms with E-state index in [4.69, 9.17) is 9.84 Å². The van der Waals surface area contributed by atoms with Crippen molar-refractivity contribution < 1.29 is 19.4 Å². The summed E-state index contributed by atoms with van der Waals surface area (Å²) in [6, 6.07) is 4.33. The number of ether oxygens (including phenoxy) is 1. The molecule has 0 spiro atoms. The van der Waals surface area contributed by atoms with Crippen LogP contribution in [-0.4, -0.2) is 36.4 Å². The molecule has 1 aromatic carbocycles. The molecule has 0 bridgehead atoms. The molecule has 6 nitrogen and oxygen atoms in total. The highest BCUT2D eigenvalue weighted by molar-refractivity contribution is 6.01. The molecule has 0 aliphatic heterocycles. The first kappa shape index (κ1) is 16.0. The van der Waals surface area contributed by atoms with Gasteiger partial charge in [0.05, 0.1) is 23.9 Å². The van der Waals surface area contributed by atoms with Gasteiger partial charge < -0.3 is 20.5 Å². The fourth-order valence-electron chi connectivity index (χ4n) is 1.77. The topological polar surface area (TPSA) is 87.7 Å². The molecule has 0 heterocycles. The predicted octanol–water partition coefficient (Wildman–Crippen LogP) is 2.24. The first-order valence-corrected chi connectivity index (χ1v) is 6.43. The Bertz CT molecular complexity index is 488. The van der Waals surface area contributed by atoms with E-state index in [0.717, 1.165) is 0 Å². The first-order chi connectivity index (χ1) is 9.45. The lowest BCUT2D eigenvalue weighted by molar-refractivity contribution is 0.0697. The molecule has 1 rings (SSSR count). The zero-order chi connectivity index (χ0) is 15.1. The minimum Gasteiger partial charge on any atom is -0.478 e. The quantitative estimate of drug-likeness (QED) is 0.745. The molecule has 2 amide bonds. The van der Waals surface area contributed by atoms with E-state index < -0.39 is 12.0 Å². The number of hydrogen-bond donors (Lipinski definition) is 3. The fourth-order valence-corrected chi connectivity index (χ4v) is 1.77. The Balaban J connectivity index is 2.71. The lowest BCUT2D eigenvalue weighted by Crippen LogP contribution is -2.39. The van der Waals surface area contributed by atoms with Crippen molar-refractivity contribution in [3.05, 3.63) is 29.3 Å². The van der Waals surface area contributed by atoms with Crippen LogP contribution in [0.25, 0.3) is 0 Å². The highest BCUT2D eigenvalue weighted by Gasteiger charge is 2.15. The molecule has 1 unspecified atom stereocenters. The smallest absolute Gasteiger partial charge is 0.338 e. The number of aromatic carboxylic acids is 1. The van der Waals surface area contributed by atoms with Crippen LogP contribution in [0.4, 0.5) is 10.5 Å². The van der Waals surface area contributed by atoms with Crippen LogP contribution >= 0.6 is 0 Å². The summed E-state index contributed by atoms with van der Waals surface area (Å²) in [6.45, 7) is 6.35. The van der Waals surface area contributed by atoms with Gasteiger partial charge in [0.1, 0.15) is 0 Å². The number of carbonyl (C=O) groups excluding carboxylic acids is 1. The summed E-state index contributed by atoms with van der Waals surface area (Å²) in [4.78, 5) is 23.0. The SMILES string of the molecule is CCOCC(C)NC(=O)Nc1cccc(C)c1C(=O)O. The van der Waals surface area contributed by atoms with Crippen LogP contribution in [0.5, 0.6) is 0 Å². The second kappa shape index (κ2) is 7.49. The van der Waals surface area contributed by atoms with E-state index in [9.17, 15) is 9.59 Å². The van der Waals surface area contributed by atoms with E-state index in [-0.39, 0.29) is 17.3 Å². The fraction of sp³-hybridized carbons (Fsp3) is 0.429. The molecule has 110 valence electrons. The Kier molecular flexibility index (Phi) is 5.99. The van der Waals surface area contributed by atoms with Crippen molar-refractivity contribution in [3.63, 3.8) is 0 Å². The van der Waals surface area contributed by atoms with Crippen LogP contribution in [0.15, 0.2) is 18.2 Å². The van der Waals surface area contributed by atoms with Gasteiger partial charge in [0.15, 0.2) is 0 Å². The number of carbonyl (C=O) groups is 2. The second-order valence-corrected chi connectivity index (χ2v) is 4.46. The maximum absolute atomic E-state index is 11.8. The van der Waals surface area contributed by atoms with Crippen LogP contribution < -0.4 is 10.6 Å². The van der Waals surface area contributed by atoms with Gasteiger partial charge in [-0.25, -0.2) is 9.59 Å². The number of anilines is 1. The van der Waals surface area contributed by atoms with Crippen LogP contribution in [0.3, 0.4) is 0 Å². The van der Waals surface area contributed by atoms with Crippen LogP contribution in [-0.2, 0) is 4.74 Å². The molecule has 1 atom stereocenters. The summed E-state index contributed by atoms with van der Waals surface area (Å²) < 4.78 is 5.19. The molecule has 6 heteroatoms. The zero-order valence-corrected chi connectivity index (χ0v) is 11.9. The molecule has 0 radical (unpaired) electrons. The average Bonchev–Trinajstić information content (AvgIpc) is 2.35. The largest absolute Gasteiger partial charge is 0.478 e. The summed E-state index contributed by atoms with van der Waals surface area (Å²) >= 11 is 0. The van der Waals surface area contributed by atoms with Gasteiger partial charge in [-0.2, -0.15) is 0 Å². The van der Waals surface area contributed by atoms with Crippen molar-refractivity contribution in [2.75, 3.05) is 18.5 Å². The number of rotatable bonds is 6. The third-order valence-electron chi connectivity index (χ3n) is 2.68. The number of carboxylic acid groups (broad SMARTS) is 1. The van der Waals surface area contributed by atoms with E-state index in [1.54, 1.807) is 25.1 Å². The maximum atomic E-state index is 11.8. The monoisotopic (exact) mass is 280 g/mol. The van der Waals surface area contributed by atoms with E-state index in [1.807, 2.05) is 13.8 Å². The van der Waals surface area contributed by atoms with Crippen molar-refractivity contribution >= 4 is 17.7 Å². The van der Waals surface area contributed by atoms with Gasteiger partial charge in [-0.15, -0.1) is 0 Å². The summed E-state index contributed by atoms with van der Waals surface area (Å²) in [5.41, 5.74) is 0.969. The lowest BCUT2D eigenvalue weighted by atomic mass is 10.1. The van der Waals surface area contributed by atoms with Gasteiger partial charge in [0.25, 0.3) is 0 Å². The molecule has 0 fully saturated rings. The van der Waals surface area contributed by atoms with Gasteiger partial charge in [-0.1, -0.05) is 12.1 Å². The van der Waals surface area contributed by atoms with Gasteiger partial charge in [0, 0.05) is 6.61 Å². The van der Waals surface area contributed by atoms with Gasteiger partial charge in [0.2, 0.25) is 0 Å². The molecule has 0 aliphatic rings. The summed E-state index contributed by atoms with van der Waals surface area (Å²) in [5, 5.41) is 14.4. The predicted molar refractivity (Wildman–Crippen MR) is 76.2 cm³/mol. The number of amides is 2. The maximum Gasteiger partial charge on any atom is 0.338 e. The van der Waals surface area contributed by atoms with Crippen LogP contribution in [0, 0.1) is 6.92 Å². The third-order valence-corrected chi connectivity index (χ3v) is 2.68. The lowest BCUT2D eigenvalue weighted by Gasteiger charge is -2.15. The number of nitrogens with one attached hydrogen (secondary N) is 2. The normalized spacial score (nSPS) is 11.8. The number of carboxylic acids is 1. The second-order valence-electron chi connectivity index (χ2n) is 4.46. The summed E-state index contributed by atoms with van der Waals surface area (Å²) in [5.74, 6) is -1.07. The van der Waals surface area contributed by atoms with Gasteiger partial charge in [-0.05, 0) is 32.4 Å². The highest BCUT2D eigenvalue weighted by atomic mass is 16.5. The van der Waals surface area contributed by atoms with Crippen molar-refractivity contribution in [1.82, 2.24) is 5.32 Å². The number of urea groups is 1. The standard InChI is InChI=1S/C14H20N2O4/c1-4-20-8-10(3)15-14(19)16-11-7-5-6-9(2)12(11)13(17)18/h5-7,10H,4,8H2,1-3H3,(H,17,18)(H2,15,16,19). The molecule has 20 heavy (non-hydrogen) atoms. The Morgan fingerprint density at radius 2 is 2.10 bits per heavy atom. The van der Waals surface area contributed by atoms with Crippen LogP contribution in [0.2, 0.25) is 0 Å². The van der Waals surface area contributed by atoms with E-state index in [2.05, 4.69) is 10.6 Å². The van der Waals surface area contributed by atoms with E-state index in [1.165, 1.54) is 0 Å². The minimum atomic E-state index is -1.07. The van der Waals surface area contributed by atoms with E-state index >= 15 is 0 Å². The molecule has 0 aromatic heterocycles. The molecule has 0 saturated carbocycles. The Morgan fingerprint density at radius 3 is 2.70 bits per heavy atom. The van der Waals surface area contributed by atoms with Crippen molar-refractivity contribution in [1.29, 1.82) is 0 Å². The average molecular weight is 280 g/mol. The summed E-state index contributed by atoms with van der Waals surface area (Å²) in [7, 11) is 0. The molecule has 0 saturated heterocycles. The van der Waals surface area contributed by atoms with Crippen molar-refractivity contribution in [3.8, 4) is 0 Å². The Labute approximate surface area is 118 Å². The summed E-state index contributed by atoms with van der Waals surface area (Å²) in [6.07, 6.45) is 0. The van der Waals surface area contributed by atoms with Gasteiger partial charge in [-0.3, -0.25) is 0 Å². The van der Waals surface area contributed by atoms with Gasteiger partial charge >= 0.3 is 12.0 Å². The molecule has 3 N–H and O–H groups in total. The molecular weight excluding hydrogens is 260 g/mol. The van der Waals surface area contributed by atoms with Crippen LogP contribution in [0.1, 0.15) is 29.8 Å². The van der Waals surface area contributed by atoms with Crippen molar-refractivity contribution in [2.24, 2.45) is 0 Å². The molecule has 0 aliphatic carbocycles. The molecule has 1 aromatic rings. The number of hydrogen-bond acceptors (Lipinski definition) is 3. The first-order valence-electron chi connectivity index (χ1n) is 6.43. The molecular formula is C14H20N2O4. The zero-order valence-electron chi connectivity index (χ0n) is 11.9.